The molecule has 102 valence electrons. The molecule has 1 N–H and O–H groups in total. The lowest BCUT2D eigenvalue weighted by Crippen LogP contribution is -2.05. The van der Waals surface area contributed by atoms with Gasteiger partial charge in [-0.1, -0.05) is 29.8 Å². The zero-order valence-electron chi connectivity index (χ0n) is 10.8. The first-order valence-electron chi connectivity index (χ1n) is 6.35. The van der Waals surface area contributed by atoms with E-state index in [0.717, 1.165) is 23.1 Å². The van der Waals surface area contributed by atoms with Gasteiger partial charge >= 0.3 is 0 Å². The molecule has 0 aliphatic rings. The number of para-hydroxylation sites is 1. The molecule has 3 rings (SSSR count). The number of nitrogens with zero attached hydrogens (tertiary/aromatic N) is 2. The van der Waals surface area contributed by atoms with Crippen LogP contribution in [0, 0.1) is 0 Å². The molecule has 20 heavy (non-hydrogen) atoms. The van der Waals surface area contributed by atoms with Gasteiger partial charge in [-0.25, -0.2) is 0 Å². The van der Waals surface area contributed by atoms with Crippen LogP contribution < -0.4 is 5.32 Å². The van der Waals surface area contributed by atoms with Crippen molar-refractivity contribution < 1.29 is 0 Å². The monoisotopic (exact) mass is 303 g/mol. The number of thiophene rings is 1. The lowest BCUT2D eigenvalue weighted by molar-refractivity contribution is 0.687. The molecule has 5 heteroatoms. The normalized spacial score (nSPS) is 10.7. The van der Waals surface area contributed by atoms with Crippen LogP contribution in [-0.4, -0.2) is 9.78 Å². The first-order valence-corrected chi connectivity index (χ1v) is 7.54. The third kappa shape index (κ3) is 3.21. The highest BCUT2D eigenvalue weighted by Gasteiger charge is 2.04. The Labute approximate surface area is 126 Å². The minimum Gasteiger partial charge on any atom is -0.380 e. The molecular formula is C15H14ClN3S. The number of hydrogen-bond donors (Lipinski definition) is 1. The minimum absolute atomic E-state index is 0.765. The highest BCUT2D eigenvalue weighted by Crippen LogP contribution is 2.23. The molecule has 0 unspecified atom stereocenters. The van der Waals surface area contributed by atoms with Gasteiger partial charge < -0.3 is 5.32 Å². The zero-order chi connectivity index (χ0) is 13.8. The summed E-state index contributed by atoms with van der Waals surface area (Å²) < 4.78 is 2.74. The van der Waals surface area contributed by atoms with Crippen molar-refractivity contribution in [1.82, 2.24) is 9.78 Å². The number of benzene rings is 1. The van der Waals surface area contributed by atoms with E-state index < -0.39 is 0 Å². The van der Waals surface area contributed by atoms with Gasteiger partial charge in [0.15, 0.2) is 0 Å². The lowest BCUT2D eigenvalue weighted by atomic mass is 10.1. The summed E-state index contributed by atoms with van der Waals surface area (Å²) in [5.41, 5.74) is 2.35. The summed E-state index contributed by atoms with van der Waals surface area (Å²) in [6.45, 7) is 1.55. The summed E-state index contributed by atoms with van der Waals surface area (Å²) in [5, 5.41) is 7.71. The number of hydrogen-bond acceptors (Lipinski definition) is 3. The topological polar surface area (TPSA) is 29.9 Å². The number of halogens is 1. The zero-order valence-corrected chi connectivity index (χ0v) is 12.4. The molecule has 0 saturated carbocycles. The van der Waals surface area contributed by atoms with E-state index in [1.165, 1.54) is 10.4 Å². The van der Waals surface area contributed by atoms with Gasteiger partial charge in [0.05, 0.1) is 10.9 Å². The summed E-state index contributed by atoms with van der Waals surface area (Å²) in [6, 6.07) is 14.2. The standard InChI is InChI=1S/C15H14ClN3S/c16-15-7-6-13(20-15)10-17-14-5-2-1-4-12(14)11-19-9-3-8-18-19/h1-9,17H,10-11H2. The van der Waals surface area contributed by atoms with Gasteiger partial charge in [0.25, 0.3) is 0 Å². The molecule has 0 aliphatic carbocycles. The van der Waals surface area contributed by atoms with Gasteiger partial charge in [0.1, 0.15) is 0 Å². The Morgan fingerprint density at radius 2 is 2.05 bits per heavy atom. The van der Waals surface area contributed by atoms with E-state index in [4.69, 9.17) is 11.6 Å². The smallest absolute Gasteiger partial charge is 0.0931 e. The maximum Gasteiger partial charge on any atom is 0.0931 e. The average molecular weight is 304 g/mol. The highest BCUT2D eigenvalue weighted by molar-refractivity contribution is 7.16. The van der Waals surface area contributed by atoms with E-state index in [-0.39, 0.29) is 0 Å². The number of aromatic nitrogens is 2. The molecule has 0 fully saturated rings. The molecular weight excluding hydrogens is 290 g/mol. The Morgan fingerprint density at radius 1 is 1.15 bits per heavy atom. The van der Waals surface area contributed by atoms with Gasteiger partial charge in [-0.15, -0.1) is 11.3 Å². The molecule has 0 saturated heterocycles. The van der Waals surface area contributed by atoms with Crippen LogP contribution in [0.25, 0.3) is 0 Å². The van der Waals surface area contributed by atoms with Crippen LogP contribution in [-0.2, 0) is 13.1 Å². The van der Waals surface area contributed by atoms with E-state index in [2.05, 4.69) is 28.6 Å². The predicted molar refractivity (Wildman–Crippen MR) is 84.4 cm³/mol. The number of rotatable bonds is 5. The predicted octanol–water partition coefficient (Wildman–Crippen LogP) is 4.26. The molecule has 3 aromatic rings. The van der Waals surface area contributed by atoms with Crippen molar-refractivity contribution in [2.24, 2.45) is 0 Å². The van der Waals surface area contributed by atoms with Crippen molar-refractivity contribution in [3.63, 3.8) is 0 Å². The van der Waals surface area contributed by atoms with Crippen LogP contribution in [0.2, 0.25) is 4.34 Å². The summed E-state index contributed by atoms with van der Waals surface area (Å²) in [5.74, 6) is 0. The second-order valence-corrected chi connectivity index (χ2v) is 6.22. The largest absolute Gasteiger partial charge is 0.380 e. The maximum atomic E-state index is 5.95. The maximum absolute atomic E-state index is 5.95. The molecule has 0 amide bonds. The fourth-order valence-corrected chi connectivity index (χ4v) is 3.06. The quantitative estimate of drug-likeness (QED) is 0.763. The first-order chi connectivity index (χ1) is 9.81. The van der Waals surface area contributed by atoms with E-state index in [9.17, 15) is 0 Å². The molecule has 1 aromatic carbocycles. The van der Waals surface area contributed by atoms with Crippen molar-refractivity contribution in [3.05, 3.63) is 69.6 Å². The molecule has 3 nitrogen and oxygen atoms in total. The van der Waals surface area contributed by atoms with Crippen LogP contribution in [0.4, 0.5) is 5.69 Å². The fourth-order valence-electron chi connectivity index (χ4n) is 2.03. The first kappa shape index (κ1) is 13.2. The molecule has 2 heterocycles. The summed E-state index contributed by atoms with van der Waals surface area (Å²) in [6.07, 6.45) is 3.76. The second kappa shape index (κ2) is 6.11. The van der Waals surface area contributed by atoms with Crippen molar-refractivity contribution in [3.8, 4) is 0 Å². The van der Waals surface area contributed by atoms with E-state index in [1.807, 2.05) is 35.1 Å². The Hall–Kier alpha value is -1.78. The number of anilines is 1. The van der Waals surface area contributed by atoms with Gasteiger partial charge in [0.2, 0.25) is 0 Å². The second-order valence-electron chi connectivity index (χ2n) is 4.42. The third-order valence-corrected chi connectivity index (χ3v) is 4.22. The molecule has 0 bridgehead atoms. The fraction of sp³-hybridized carbons (Fsp3) is 0.133. The molecule has 2 aromatic heterocycles. The summed E-state index contributed by atoms with van der Waals surface area (Å²) >= 11 is 7.55. The van der Waals surface area contributed by atoms with Gasteiger partial charge in [-0.2, -0.15) is 5.10 Å². The van der Waals surface area contributed by atoms with E-state index in [0.29, 0.717) is 0 Å². The Morgan fingerprint density at radius 3 is 2.80 bits per heavy atom. The third-order valence-electron chi connectivity index (χ3n) is 2.99. The summed E-state index contributed by atoms with van der Waals surface area (Å²) in [7, 11) is 0. The average Bonchev–Trinajstić information content (AvgIpc) is 3.10. The molecule has 0 radical (unpaired) electrons. The van der Waals surface area contributed by atoms with Gasteiger partial charge in [-0.3, -0.25) is 4.68 Å². The van der Waals surface area contributed by atoms with Gasteiger partial charge in [0, 0.05) is 29.5 Å². The van der Waals surface area contributed by atoms with Crippen LogP contribution in [0.5, 0.6) is 0 Å². The van der Waals surface area contributed by atoms with Crippen LogP contribution >= 0.6 is 22.9 Å². The van der Waals surface area contributed by atoms with E-state index >= 15 is 0 Å². The molecule has 0 spiro atoms. The Bertz CT molecular complexity index is 676. The van der Waals surface area contributed by atoms with Crippen molar-refractivity contribution in [2.75, 3.05) is 5.32 Å². The molecule has 0 atom stereocenters. The van der Waals surface area contributed by atoms with Crippen LogP contribution in [0.15, 0.2) is 54.9 Å². The highest BCUT2D eigenvalue weighted by atomic mass is 35.5. The minimum atomic E-state index is 0.765. The number of nitrogens with one attached hydrogen (secondary N) is 1. The lowest BCUT2D eigenvalue weighted by Gasteiger charge is -2.11. The van der Waals surface area contributed by atoms with E-state index in [1.54, 1.807) is 17.5 Å². The Balaban J connectivity index is 1.72. The SMILES string of the molecule is Clc1ccc(CNc2ccccc2Cn2cccn2)s1. The summed E-state index contributed by atoms with van der Waals surface area (Å²) in [4.78, 5) is 1.23. The van der Waals surface area contributed by atoms with Crippen molar-refractivity contribution in [1.29, 1.82) is 0 Å². The van der Waals surface area contributed by atoms with Gasteiger partial charge in [-0.05, 0) is 29.8 Å². The van der Waals surface area contributed by atoms with Crippen molar-refractivity contribution in [2.45, 2.75) is 13.1 Å². The van der Waals surface area contributed by atoms with Crippen molar-refractivity contribution >= 4 is 28.6 Å². The Kier molecular flexibility index (Phi) is 4.04. The molecule has 0 aliphatic heterocycles. The van der Waals surface area contributed by atoms with Crippen LogP contribution in [0.3, 0.4) is 0 Å². The van der Waals surface area contributed by atoms with Crippen LogP contribution in [0.1, 0.15) is 10.4 Å².